The third-order valence-electron chi connectivity index (χ3n) is 3.59. The van der Waals surface area contributed by atoms with E-state index >= 15 is 0 Å². The number of ether oxygens (including phenoxy) is 1. The molecular formula is C18H13F3N2O3. The molecule has 0 atom stereocenters. The minimum atomic E-state index is -0.807. The highest BCUT2D eigenvalue weighted by atomic mass is 19.1. The lowest BCUT2D eigenvalue weighted by atomic mass is 10.2. The van der Waals surface area contributed by atoms with Crippen LogP contribution in [-0.4, -0.2) is 11.1 Å². The van der Waals surface area contributed by atoms with Gasteiger partial charge < -0.3 is 14.6 Å². The van der Waals surface area contributed by atoms with Gasteiger partial charge in [0.05, 0.1) is 11.3 Å². The van der Waals surface area contributed by atoms with Crippen molar-refractivity contribution in [2.45, 2.75) is 13.5 Å². The molecule has 0 unspecified atom stereocenters. The van der Waals surface area contributed by atoms with E-state index in [0.717, 1.165) is 18.2 Å². The smallest absolute Gasteiger partial charge is 0.278 e. The number of halogens is 3. The third kappa shape index (κ3) is 3.69. The minimum Gasteiger partial charge on any atom is -0.486 e. The fourth-order valence-electron chi connectivity index (χ4n) is 2.23. The quantitative estimate of drug-likeness (QED) is 0.738. The van der Waals surface area contributed by atoms with Crippen molar-refractivity contribution >= 4 is 11.6 Å². The summed E-state index contributed by atoms with van der Waals surface area (Å²) in [6.07, 6.45) is 0. The molecule has 1 N–H and O–H groups in total. The van der Waals surface area contributed by atoms with Gasteiger partial charge >= 0.3 is 0 Å². The first-order chi connectivity index (χ1) is 12.5. The van der Waals surface area contributed by atoms with Gasteiger partial charge in [-0.1, -0.05) is 17.3 Å². The van der Waals surface area contributed by atoms with Gasteiger partial charge in [-0.2, -0.15) is 0 Å². The van der Waals surface area contributed by atoms with E-state index in [1.807, 2.05) is 0 Å². The minimum absolute atomic E-state index is 0.00404. The molecule has 5 nitrogen and oxygen atoms in total. The Labute approximate surface area is 146 Å². The van der Waals surface area contributed by atoms with Gasteiger partial charge in [0.2, 0.25) is 0 Å². The summed E-state index contributed by atoms with van der Waals surface area (Å²) in [5.74, 6) is -2.60. The van der Waals surface area contributed by atoms with Crippen molar-refractivity contribution in [2.24, 2.45) is 0 Å². The summed E-state index contributed by atoms with van der Waals surface area (Å²) in [6.45, 7) is 1.36. The first-order valence-corrected chi connectivity index (χ1v) is 7.54. The van der Waals surface area contributed by atoms with E-state index in [4.69, 9.17) is 9.26 Å². The van der Waals surface area contributed by atoms with E-state index in [9.17, 15) is 18.0 Å². The average molecular weight is 362 g/mol. The Morgan fingerprint density at radius 2 is 1.92 bits per heavy atom. The summed E-state index contributed by atoms with van der Waals surface area (Å²) in [7, 11) is 0. The highest BCUT2D eigenvalue weighted by molar-refractivity contribution is 6.03. The Bertz CT molecular complexity index is 957. The van der Waals surface area contributed by atoms with Crippen LogP contribution in [0.4, 0.5) is 18.9 Å². The number of carbonyl (C=O) groups excluding carboxylic acids is 1. The lowest BCUT2D eigenvalue weighted by molar-refractivity contribution is 0.101. The Balaban J connectivity index is 1.79. The fourth-order valence-corrected chi connectivity index (χ4v) is 2.23. The molecule has 0 saturated carbocycles. The highest BCUT2D eigenvalue weighted by Crippen LogP contribution is 2.22. The monoisotopic (exact) mass is 362 g/mol. The number of carbonyl (C=O) groups is 1. The molecule has 26 heavy (non-hydrogen) atoms. The van der Waals surface area contributed by atoms with Crippen molar-refractivity contribution < 1.29 is 27.2 Å². The largest absolute Gasteiger partial charge is 0.486 e. The first-order valence-electron chi connectivity index (χ1n) is 7.54. The zero-order valence-corrected chi connectivity index (χ0v) is 13.6. The Morgan fingerprint density at radius 1 is 1.15 bits per heavy atom. The highest BCUT2D eigenvalue weighted by Gasteiger charge is 2.22. The molecule has 0 spiro atoms. The standard InChI is InChI=1S/C18H13F3N2O3/c1-10-12(9-25-16-5-3-2-4-14(16)21)17(23-26-10)18(24)22-15-8-11(19)6-7-13(15)20/h2-8H,9H2,1H3,(H,22,24). The number of aryl methyl sites for hydroxylation is 1. The average Bonchev–Trinajstić information content (AvgIpc) is 2.98. The predicted octanol–water partition coefficient (Wildman–Crippen LogP) is 4.23. The lowest BCUT2D eigenvalue weighted by Gasteiger charge is -2.08. The van der Waals surface area contributed by atoms with Gasteiger partial charge in [0.1, 0.15) is 24.0 Å². The number of hydrogen-bond donors (Lipinski definition) is 1. The molecule has 2 aromatic carbocycles. The van der Waals surface area contributed by atoms with Crippen LogP contribution in [0, 0.1) is 24.4 Å². The van der Waals surface area contributed by atoms with Crippen LogP contribution in [0.5, 0.6) is 5.75 Å². The van der Waals surface area contributed by atoms with Crippen molar-refractivity contribution in [3.8, 4) is 5.75 Å². The summed E-state index contributed by atoms with van der Waals surface area (Å²) in [5, 5.41) is 5.85. The van der Waals surface area contributed by atoms with E-state index in [0.29, 0.717) is 0 Å². The van der Waals surface area contributed by atoms with E-state index in [-0.39, 0.29) is 35.1 Å². The van der Waals surface area contributed by atoms with Crippen molar-refractivity contribution in [3.05, 3.63) is 76.9 Å². The van der Waals surface area contributed by atoms with Crippen LogP contribution in [-0.2, 0) is 6.61 Å². The Hall–Kier alpha value is -3.29. The Morgan fingerprint density at radius 3 is 2.69 bits per heavy atom. The summed E-state index contributed by atoms with van der Waals surface area (Å²) >= 11 is 0. The van der Waals surface area contributed by atoms with Crippen molar-refractivity contribution in [1.82, 2.24) is 5.16 Å². The molecular weight excluding hydrogens is 349 g/mol. The number of amides is 1. The molecule has 3 aromatic rings. The van der Waals surface area contributed by atoms with Gasteiger partial charge in [-0.05, 0) is 31.2 Å². The number of rotatable bonds is 5. The Kier molecular flexibility index (Phi) is 4.92. The zero-order valence-electron chi connectivity index (χ0n) is 13.6. The SMILES string of the molecule is Cc1onc(C(=O)Nc2cc(F)ccc2F)c1COc1ccccc1F. The van der Waals surface area contributed by atoms with Gasteiger partial charge in [-0.15, -0.1) is 0 Å². The van der Waals surface area contributed by atoms with Crippen LogP contribution in [0.1, 0.15) is 21.8 Å². The van der Waals surface area contributed by atoms with Crippen LogP contribution in [0.2, 0.25) is 0 Å². The molecule has 0 aliphatic rings. The number of hydrogen-bond acceptors (Lipinski definition) is 4. The topological polar surface area (TPSA) is 64.4 Å². The molecule has 0 saturated heterocycles. The van der Waals surface area contributed by atoms with Crippen molar-refractivity contribution in [3.63, 3.8) is 0 Å². The van der Waals surface area contributed by atoms with Crippen LogP contribution in [0.15, 0.2) is 47.0 Å². The molecule has 0 fully saturated rings. The van der Waals surface area contributed by atoms with Gasteiger partial charge in [0.15, 0.2) is 17.3 Å². The number of para-hydroxylation sites is 1. The van der Waals surface area contributed by atoms with Gasteiger partial charge in [-0.3, -0.25) is 4.79 Å². The number of nitrogens with zero attached hydrogens (tertiary/aromatic N) is 1. The second-order valence-electron chi connectivity index (χ2n) is 5.36. The second kappa shape index (κ2) is 7.30. The first kappa shape index (κ1) is 17.5. The van der Waals surface area contributed by atoms with Crippen LogP contribution < -0.4 is 10.1 Å². The van der Waals surface area contributed by atoms with Crippen LogP contribution in [0.25, 0.3) is 0 Å². The maximum Gasteiger partial charge on any atom is 0.278 e. The molecule has 1 aromatic heterocycles. The fraction of sp³-hybridized carbons (Fsp3) is 0.111. The molecule has 3 rings (SSSR count). The summed E-state index contributed by atoms with van der Waals surface area (Å²) in [5.41, 5.74) is -0.235. The number of nitrogens with one attached hydrogen (secondary N) is 1. The van der Waals surface area contributed by atoms with E-state index in [1.54, 1.807) is 13.0 Å². The number of aromatic nitrogens is 1. The summed E-state index contributed by atoms with van der Waals surface area (Å²) in [4.78, 5) is 12.3. The number of benzene rings is 2. The molecule has 0 radical (unpaired) electrons. The molecule has 0 aliphatic carbocycles. The summed E-state index contributed by atoms with van der Waals surface area (Å²) in [6, 6.07) is 8.44. The lowest BCUT2D eigenvalue weighted by Crippen LogP contribution is -2.16. The molecule has 134 valence electrons. The van der Waals surface area contributed by atoms with E-state index < -0.39 is 23.4 Å². The normalized spacial score (nSPS) is 10.6. The second-order valence-corrected chi connectivity index (χ2v) is 5.36. The molecule has 1 heterocycles. The number of anilines is 1. The van der Waals surface area contributed by atoms with Gasteiger partial charge in [0.25, 0.3) is 5.91 Å². The molecule has 0 bridgehead atoms. The third-order valence-corrected chi connectivity index (χ3v) is 3.59. The van der Waals surface area contributed by atoms with Gasteiger partial charge in [-0.25, -0.2) is 13.2 Å². The molecule has 0 aliphatic heterocycles. The predicted molar refractivity (Wildman–Crippen MR) is 86.3 cm³/mol. The molecule has 1 amide bonds. The van der Waals surface area contributed by atoms with Gasteiger partial charge in [0, 0.05) is 6.07 Å². The van der Waals surface area contributed by atoms with Crippen LogP contribution >= 0.6 is 0 Å². The van der Waals surface area contributed by atoms with E-state index in [2.05, 4.69) is 10.5 Å². The summed E-state index contributed by atoms with van der Waals surface area (Å²) < 4.78 is 50.9. The van der Waals surface area contributed by atoms with E-state index in [1.165, 1.54) is 18.2 Å². The molecule has 8 heteroatoms. The zero-order chi connectivity index (χ0) is 18.7. The maximum absolute atomic E-state index is 13.7. The maximum atomic E-state index is 13.7. The van der Waals surface area contributed by atoms with Crippen LogP contribution in [0.3, 0.4) is 0 Å². The van der Waals surface area contributed by atoms with Crippen molar-refractivity contribution in [2.75, 3.05) is 5.32 Å². The van der Waals surface area contributed by atoms with Crippen molar-refractivity contribution in [1.29, 1.82) is 0 Å².